The molecule has 1 aromatic rings. The molecule has 0 amide bonds. The molecule has 1 atom stereocenters. The van der Waals surface area contributed by atoms with Crippen molar-refractivity contribution in [3.8, 4) is 5.75 Å². The zero-order chi connectivity index (χ0) is 12.0. The molecule has 0 aromatic heterocycles. The van der Waals surface area contributed by atoms with Crippen molar-refractivity contribution in [1.29, 1.82) is 0 Å². The van der Waals surface area contributed by atoms with Crippen LogP contribution in [-0.2, 0) is 4.74 Å². The van der Waals surface area contributed by atoms with E-state index in [0.29, 0.717) is 13.2 Å². The van der Waals surface area contributed by atoms with Crippen LogP contribution in [0.2, 0.25) is 0 Å². The first-order valence-corrected chi connectivity index (χ1v) is 5.62. The van der Waals surface area contributed by atoms with Crippen LogP contribution in [0.5, 0.6) is 5.75 Å². The van der Waals surface area contributed by atoms with Gasteiger partial charge >= 0.3 is 0 Å². The van der Waals surface area contributed by atoms with Crippen LogP contribution in [0, 0.1) is 0 Å². The third-order valence-electron chi connectivity index (χ3n) is 2.14. The predicted octanol–water partition coefficient (Wildman–Crippen LogP) is 2.54. The standard InChI is InChI=1S/C13H20O3/c1-10(2)15-7-8-16-13-6-4-5-12(9-13)11(3)14/h4-6,9-11,14H,7-8H2,1-3H3/t11-/m1/s1. The van der Waals surface area contributed by atoms with E-state index in [4.69, 9.17) is 9.47 Å². The molecule has 0 bridgehead atoms. The summed E-state index contributed by atoms with van der Waals surface area (Å²) < 4.78 is 10.9. The molecule has 0 aliphatic carbocycles. The van der Waals surface area contributed by atoms with E-state index in [9.17, 15) is 5.11 Å². The van der Waals surface area contributed by atoms with E-state index in [2.05, 4.69) is 0 Å². The van der Waals surface area contributed by atoms with Crippen LogP contribution in [0.3, 0.4) is 0 Å². The minimum Gasteiger partial charge on any atom is -0.491 e. The van der Waals surface area contributed by atoms with Gasteiger partial charge in [-0.1, -0.05) is 12.1 Å². The number of ether oxygens (including phenoxy) is 2. The normalized spacial score (nSPS) is 12.8. The Balaban J connectivity index is 2.39. The molecule has 1 N–H and O–H groups in total. The molecule has 1 rings (SSSR count). The van der Waals surface area contributed by atoms with Crippen molar-refractivity contribution in [3.63, 3.8) is 0 Å². The Morgan fingerprint density at radius 1 is 1.19 bits per heavy atom. The fourth-order valence-corrected chi connectivity index (χ4v) is 1.31. The lowest BCUT2D eigenvalue weighted by Gasteiger charge is -2.11. The summed E-state index contributed by atoms with van der Waals surface area (Å²) in [6.45, 7) is 6.83. The smallest absolute Gasteiger partial charge is 0.119 e. The molecule has 0 saturated heterocycles. The molecule has 3 heteroatoms. The van der Waals surface area contributed by atoms with Crippen molar-refractivity contribution in [2.24, 2.45) is 0 Å². The second-order valence-corrected chi connectivity index (χ2v) is 4.02. The Morgan fingerprint density at radius 3 is 2.56 bits per heavy atom. The van der Waals surface area contributed by atoms with Gasteiger partial charge < -0.3 is 14.6 Å². The van der Waals surface area contributed by atoms with Crippen LogP contribution in [0.15, 0.2) is 24.3 Å². The molecule has 3 nitrogen and oxygen atoms in total. The van der Waals surface area contributed by atoms with E-state index in [1.165, 1.54) is 0 Å². The number of aliphatic hydroxyl groups is 1. The minimum atomic E-state index is -0.463. The third-order valence-corrected chi connectivity index (χ3v) is 2.14. The highest BCUT2D eigenvalue weighted by Crippen LogP contribution is 2.18. The van der Waals surface area contributed by atoms with Crippen molar-refractivity contribution < 1.29 is 14.6 Å². The summed E-state index contributed by atoms with van der Waals surface area (Å²) in [5, 5.41) is 9.41. The summed E-state index contributed by atoms with van der Waals surface area (Å²) in [4.78, 5) is 0. The highest BCUT2D eigenvalue weighted by Gasteiger charge is 2.02. The lowest BCUT2D eigenvalue weighted by molar-refractivity contribution is 0.0552. The van der Waals surface area contributed by atoms with Gasteiger partial charge in [-0.3, -0.25) is 0 Å². The van der Waals surface area contributed by atoms with E-state index < -0.39 is 6.10 Å². The number of aliphatic hydroxyl groups excluding tert-OH is 1. The van der Waals surface area contributed by atoms with E-state index in [1.54, 1.807) is 6.92 Å². The Bertz CT molecular complexity index is 308. The molecule has 16 heavy (non-hydrogen) atoms. The average Bonchev–Trinajstić information content (AvgIpc) is 2.24. The topological polar surface area (TPSA) is 38.7 Å². The van der Waals surface area contributed by atoms with Gasteiger partial charge in [0.1, 0.15) is 12.4 Å². The SMILES string of the molecule is CC(C)OCCOc1cccc([C@@H](C)O)c1. The third kappa shape index (κ3) is 4.64. The second-order valence-electron chi connectivity index (χ2n) is 4.02. The molecule has 1 aromatic carbocycles. The van der Waals surface area contributed by atoms with Gasteiger partial charge in [0.25, 0.3) is 0 Å². The van der Waals surface area contributed by atoms with E-state index >= 15 is 0 Å². The molecular weight excluding hydrogens is 204 g/mol. The zero-order valence-electron chi connectivity index (χ0n) is 10.1. The van der Waals surface area contributed by atoms with Gasteiger partial charge in [0.15, 0.2) is 0 Å². The summed E-state index contributed by atoms with van der Waals surface area (Å²) in [6.07, 6.45) is -0.233. The monoisotopic (exact) mass is 224 g/mol. The molecule has 0 aliphatic heterocycles. The summed E-state index contributed by atoms with van der Waals surface area (Å²) in [5.41, 5.74) is 0.863. The van der Waals surface area contributed by atoms with Gasteiger partial charge in [0.05, 0.1) is 18.8 Å². The van der Waals surface area contributed by atoms with Crippen molar-refractivity contribution >= 4 is 0 Å². The van der Waals surface area contributed by atoms with Crippen LogP contribution in [-0.4, -0.2) is 24.4 Å². The average molecular weight is 224 g/mol. The number of hydrogen-bond donors (Lipinski definition) is 1. The summed E-state index contributed by atoms with van der Waals surface area (Å²) in [6, 6.07) is 7.48. The number of benzene rings is 1. The predicted molar refractivity (Wildman–Crippen MR) is 63.7 cm³/mol. The highest BCUT2D eigenvalue weighted by atomic mass is 16.5. The fourth-order valence-electron chi connectivity index (χ4n) is 1.31. The Kier molecular flexibility index (Phi) is 5.29. The molecule has 0 spiro atoms. The van der Waals surface area contributed by atoms with Gasteiger partial charge in [0.2, 0.25) is 0 Å². The van der Waals surface area contributed by atoms with Crippen LogP contribution >= 0.6 is 0 Å². The van der Waals surface area contributed by atoms with Gasteiger partial charge in [-0.25, -0.2) is 0 Å². The van der Waals surface area contributed by atoms with Crippen molar-refractivity contribution in [2.75, 3.05) is 13.2 Å². The summed E-state index contributed by atoms with van der Waals surface area (Å²) >= 11 is 0. The minimum absolute atomic E-state index is 0.229. The molecule has 0 saturated carbocycles. The maximum Gasteiger partial charge on any atom is 0.119 e. The molecule has 0 heterocycles. The van der Waals surface area contributed by atoms with Crippen LogP contribution in [0.25, 0.3) is 0 Å². The second kappa shape index (κ2) is 6.51. The molecule has 0 radical (unpaired) electrons. The largest absolute Gasteiger partial charge is 0.491 e. The van der Waals surface area contributed by atoms with Crippen molar-refractivity contribution in [1.82, 2.24) is 0 Å². The Labute approximate surface area is 97.0 Å². The fraction of sp³-hybridized carbons (Fsp3) is 0.538. The first kappa shape index (κ1) is 13.0. The molecule has 0 unspecified atom stereocenters. The van der Waals surface area contributed by atoms with E-state index in [1.807, 2.05) is 38.1 Å². The lowest BCUT2D eigenvalue weighted by atomic mass is 10.1. The van der Waals surface area contributed by atoms with Gasteiger partial charge in [-0.2, -0.15) is 0 Å². The van der Waals surface area contributed by atoms with E-state index in [-0.39, 0.29) is 6.10 Å². The highest BCUT2D eigenvalue weighted by molar-refractivity contribution is 5.29. The van der Waals surface area contributed by atoms with Crippen LogP contribution in [0.1, 0.15) is 32.4 Å². The maximum atomic E-state index is 9.41. The zero-order valence-corrected chi connectivity index (χ0v) is 10.1. The van der Waals surface area contributed by atoms with E-state index in [0.717, 1.165) is 11.3 Å². The van der Waals surface area contributed by atoms with Crippen LogP contribution in [0.4, 0.5) is 0 Å². The van der Waals surface area contributed by atoms with Gasteiger partial charge in [-0.05, 0) is 38.5 Å². The molecular formula is C13H20O3. The van der Waals surface area contributed by atoms with Gasteiger partial charge in [0, 0.05) is 0 Å². The van der Waals surface area contributed by atoms with Crippen LogP contribution < -0.4 is 4.74 Å². The maximum absolute atomic E-state index is 9.41. The summed E-state index contributed by atoms with van der Waals surface area (Å²) in [5.74, 6) is 0.769. The Hall–Kier alpha value is -1.06. The molecule has 0 aliphatic rings. The van der Waals surface area contributed by atoms with Gasteiger partial charge in [-0.15, -0.1) is 0 Å². The number of hydrogen-bond acceptors (Lipinski definition) is 3. The first-order valence-electron chi connectivity index (χ1n) is 5.62. The Morgan fingerprint density at radius 2 is 1.94 bits per heavy atom. The van der Waals surface area contributed by atoms with Crippen molar-refractivity contribution in [2.45, 2.75) is 33.0 Å². The number of rotatable bonds is 6. The molecule has 90 valence electrons. The molecule has 0 fully saturated rings. The first-order chi connectivity index (χ1) is 7.59. The summed E-state index contributed by atoms with van der Waals surface area (Å²) in [7, 11) is 0. The lowest BCUT2D eigenvalue weighted by Crippen LogP contribution is -2.11. The quantitative estimate of drug-likeness (QED) is 0.755. The van der Waals surface area contributed by atoms with Crippen molar-refractivity contribution in [3.05, 3.63) is 29.8 Å².